The maximum atomic E-state index is 5.93. The number of aliphatic imine (C=N–C) groups is 1. The van der Waals surface area contributed by atoms with Gasteiger partial charge in [-0.1, -0.05) is 0 Å². The Morgan fingerprint density at radius 3 is 2.65 bits per heavy atom. The van der Waals surface area contributed by atoms with Gasteiger partial charge in [0.2, 0.25) is 0 Å². The molecule has 7 heteroatoms. The smallest absolute Gasteiger partial charge is 0.193 e. The Kier molecular flexibility index (Phi) is 8.86. The summed E-state index contributed by atoms with van der Waals surface area (Å²) in [7, 11) is 6.99. The summed E-state index contributed by atoms with van der Waals surface area (Å²) in [5.41, 5.74) is 6.65. The van der Waals surface area contributed by atoms with Crippen molar-refractivity contribution in [1.29, 1.82) is 0 Å². The first-order chi connectivity index (χ1) is 11.1. The van der Waals surface area contributed by atoms with Crippen LogP contribution in [0, 0.1) is 0 Å². The summed E-state index contributed by atoms with van der Waals surface area (Å²) in [5.74, 6) is 1.76. The molecule has 0 bridgehead atoms. The molecule has 0 aliphatic rings. The summed E-state index contributed by atoms with van der Waals surface area (Å²) in [4.78, 5) is 6.53. The fourth-order valence-corrected chi connectivity index (χ4v) is 1.99. The molecule has 0 radical (unpaired) electrons. The minimum absolute atomic E-state index is 0.357. The van der Waals surface area contributed by atoms with Gasteiger partial charge >= 0.3 is 0 Å². The zero-order chi connectivity index (χ0) is 17.1. The molecule has 7 nitrogen and oxygen atoms in total. The molecule has 3 N–H and O–H groups in total. The lowest BCUT2D eigenvalue weighted by atomic mass is 10.2. The van der Waals surface area contributed by atoms with Gasteiger partial charge in [-0.3, -0.25) is 4.99 Å². The second kappa shape index (κ2) is 10.7. The van der Waals surface area contributed by atoms with Gasteiger partial charge in [0.15, 0.2) is 5.96 Å². The molecule has 0 saturated carbocycles. The summed E-state index contributed by atoms with van der Waals surface area (Å²) in [6, 6.07) is 5.46. The second-order valence-electron chi connectivity index (χ2n) is 5.11. The number of nitrogens with one attached hydrogen (secondary N) is 1. The number of nitrogens with zero attached hydrogens (tertiary/aromatic N) is 2. The highest BCUT2D eigenvalue weighted by molar-refractivity contribution is 5.93. The number of methoxy groups -OCH3 is 3. The third kappa shape index (κ3) is 7.21. The Bertz CT molecular complexity index is 494. The zero-order valence-corrected chi connectivity index (χ0v) is 14.5. The van der Waals surface area contributed by atoms with Crippen molar-refractivity contribution in [3.63, 3.8) is 0 Å². The van der Waals surface area contributed by atoms with Gasteiger partial charge in [0.05, 0.1) is 26.5 Å². The number of anilines is 1. The Hall–Kier alpha value is -1.99. The van der Waals surface area contributed by atoms with Gasteiger partial charge in [0.25, 0.3) is 0 Å². The van der Waals surface area contributed by atoms with Crippen LogP contribution in [-0.4, -0.2) is 65.5 Å². The van der Waals surface area contributed by atoms with Crippen LogP contribution in [0.2, 0.25) is 0 Å². The van der Waals surface area contributed by atoms with Crippen molar-refractivity contribution in [2.45, 2.75) is 6.42 Å². The minimum Gasteiger partial charge on any atom is -0.497 e. The van der Waals surface area contributed by atoms with Crippen molar-refractivity contribution >= 4 is 11.6 Å². The highest BCUT2D eigenvalue weighted by Gasteiger charge is 2.06. The normalized spacial score (nSPS) is 11.6. The molecule has 0 saturated heterocycles. The number of rotatable bonds is 10. The SMILES string of the molecule is COCCN(C)CCCN=C(N)Nc1cc(OC)ccc1OC. The minimum atomic E-state index is 0.357. The summed E-state index contributed by atoms with van der Waals surface area (Å²) in [5, 5.41) is 3.05. The maximum absolute atomic E-state index is 5.93. The third-order valence-electron chi connectivity index (χ3n) is 3.33. The van der Waals surface area contributed by atoms with E-state index in [0.29, 0.717) is 18.3 Å². The third-order valence-corrected chi connectivity index (χ3v) is 3.33. The number of guanidine groups is 1. The van der Waals surface area contributed by atoms with Gasteiger partial charge < -0.3 is 30.2 Å². The van der Waals surface area contributed by atoms with Crippen molar-refractivity contribution in [2.24, 2.45) is 10.7 Å². The number of ether oxygens (including phenoxy) is 3. The molecule has 0 aliphatic carbocycles. The highest BCUT2D eigenvalue weighted by Crippen LogP contribution is 2.28. The molecule has 23 heavy (non-hydrogen) atoms. The lowest BCUT2D eigenvalue weighted by Gasteiger charge is -2.15. The first-order valence-electron chi connectivity index (χ1n) is 7.57. The number of hydrogen-bond acceptors (Lipinski definition) is 5. The first kappa shape index (κ1) is 19.1. The van der Waals surface area contributed by atoms with E-state index in [9.17, 15) is 0 Å². The fourth-order valence-electron chi connectivity index (χ4n) is 1.99. The standard InChI is InChI=1S/C16H28N4O3/c1-20(10-11-21-2)9-5-8-18-16(17)19-14-12-13(22-3)6-7-15(14)23-4/h6-7,12H,5,8-11H2,1-4H3,(H3,17,18,19). The summed E-state index contributed by atoms with van der Waals surface area (Å²) < 4.78 is 15.5. The maximum Gasteiger partial charge on any atom is 0.193 e. The fraction of sp³-hybridized carbons (Fsp3) is 0.562. The van der Waals surface area contributed by atoms with Crippen molar-refractivity contribution in [3.8, 4) is 11.5 Å². The van der Waals surface area contributed by atoms with Crippen LogP contribution in [-0.2, 0) is 4.74 Å². The Labute approximate surface area is 138 Å². The molecule has 0 aromatic heterocycles. The largest absolute Gasteiger partial charge is 0.497 e. The summed E-state index contributed by atoms with van der Waals surface area (Å²) in [6.07, 6.45) is 0.928. The van der Waals surface area contributed by atoms with Crippen molar-refractivity contribution in [1.82, 2.24) is 4.90 Å². The average molecular weight is 324 g/mol. The molecule has 0 aliphatic heterocycles. The average Bonchev–Trinajstić information content (AvgIpc) is 2.56. The van der Waals surface area contributed by atoms with E-state index in [2.05, 4.69) is 22.3 Å². The van der Waals surface area contributed by atoms with E-state index < -0.39 is 0 Å². The summed E-state index contributed by atoms with van der Waals surface area (Å²) >= 11 is 0. The van der Waals surface area contributed by atoms with Crippen LogP contribution in [0.3, 0.4) is 0 Å². The molecule has 1 aromatic carbocycles. The van der Waals surface area contributed by atoms with E-state index in [-0.39, 0.29) is 0 Å². The molecule has 0 spiro atoms. The monoisotopic (exact) mass is 324 g/mol. The first-order valence-corrected chi connectivity index (χ1v) is 7.57. The molecule has 1 rings (SSSR count). The molecule has 0 amide bonds. The molecule has 130 valence electrons. The molecule has 1 aromatic rings. The Morgan fingerprint density at radius 2 is 2.00 bits per heavy atom. The number of likely N-dealkylation sites (N-methyl/N-ethyl adjacent to an activating group) is 1. The van der Waals surface area contributed by atoms with E-state index in [0.717, 1.165) is 37.6 Å². The Morgan fingerprint density at radius 1 is 1.22 bits per heavy atom. The van der Waals surface area contributed by atoms with Crippen LogP contribution in [0.4, 0.5) is 5.69 Å². The lowest BCUT2D eigenvalue weighted by molar-refractivity contribution is 0.161. The van der Waals surface area contributed by atoms with Crippen molar-refractivity contribution < 1.29 is 14.2 Å². The van der Waals surface area contributed by atoms with Crippen LogP contribution in [0.25, 0.3) is 0 Å². The van der Waals surface area contributed by atoms with E-state index in [4.69, 9.17) is 19.9 Å². The molecular formula is C16H28N4O3. The van der Waals surface area contributed by atoms with Gasteiger partial charge in [-0.2, -0.15) is 0 Å². The topological polar surface area (TPSA) is 81.3 Å². The van der Waals surface area contributed by atoms with E-state index in [1.165, 1.54) is 0 Å². The van der Waals surface area contributed by atoms with Crippen LogP contribution in [0.1, 0.15) is 6.42 Å². The summed E-state index contributed by atoms with van der Waals surface area (Å²) in [6.45, 7) is 3.25. The van der Waals surface area contributed by atoms with Crippen molar-refractivity contribution in [2.75, 3.05) is 59.9 Å². The lowest BCUT2D eigenvalue weighted by Crippen LogP contribution is -2.26. The molecule has 0 atom stereocenters. The quantitative estimate of drug-likeness (QED) is 0.385. The van der Waals surface area contributed by atoms with Crippen LogP contribution in [0.15, 0.2) is 23.2 Å². The predicted octanol–water partition coefficient (Wildman–Crippen LogP) is 1.40. The molecule has 0 unspecified atom stereocenters. The van der Waals surface area contributed by atoms with Gasteiger partial charge in [-0.15, -0.1) is 0 Å². The van der Waals surface area contributed by atoms with Gasteiger partial charge in [-0.25, -0.2) is 0 Å². The van der Waals surface area contributed by atoms with Crippen molar-refractivity contribution in [3.05, 3.63) is 18.2 Å². The highest BCUT2D eigenvalue weighted by atomic mass is 16.5. The number of hydrogen-bond donors (Lipinski definition) is 2. The number of benzene rings is 1. The van der Waals surface area contributed by atoms with Gasteiger partial charge in [-0.05, 0) is 32.1 Å². The Balaban J connectivity index is 2.47. The molecule has 0 fully saturated rings. The van der Waals surface area contributed by atoms with Gasteiger partial charge in [0, 0.05) is 26.3 Å². The molecular weight excluding hydrogens is 296 g/mol. The number of nitrogens with two attached hydrogens (primary N) is 1. The van der Waals surface area contributed by atoms with E-state index in [1.807, 2.05) is 18.2 Å². The molecule has 0 heterocycles. The predicted molar refractivity (Wildman–Crippen MR) is 93.6 cm³/mol. The zero-order valence-electron chi connectivity index (χ0n) is 14.5. The van der Waals surface area contributed by atoms with Crippen LogP contribution < -0.4 is 20.5 Å². The van der Waals surface area contributed by atoms with Crippen LogP contribution in [0.5, 0.6) is 11.5 Å². The van der Waals surface area contributed by atoms with E-state index >= 15 is 0 Å². The van der Waals surface area contributed by atoms with Crippen LogP contribution >= 0.6 is 0 Å². The second-order valence-corrected chi connectivity index (χ2v) is 5.11. The van der Waals surface area contributed by atoms with E-state index in [1.54, 1.807) is 21.3 Å². The van der Waals surface area contributed by atoms with Gasteiger partial charge in [0.1, 0.15) is 11.5 Å².